The number of carbonyl (C=O) groups is 3. The SMILES string of the molecule is CCCCCCCOc1ccc(C(=O)c2ccccc2)cc1.O=C(c1ccccc1)c1ccc(O)cc1.O=C(c1ccccc1)c1ccc(OCCCCCCO)cc1.OCCCCCCBr. The van der Waals surface area contributed by atoms with Crippen molar-refractivity contribution < 1.29 is 39.2 Å². The Morgan fingerprint density at radius 3 is 1.01 bits per heavy atom. The number of ketones is 3. The molecule has 6 aromatic rings. The molecule has 0 fully saturated rings. The van der Waals surface area contributed by atoms with Crippen LogP contribution in [0.1, 0.15) is 138 Å². The number of hydrogen-bond acceptors (Lipinski definition) is 8. The number of phenols is 1. The molecule has 0 amide bonds. The molecular formula is C58H69BrO8. The maximum Gasteiger partial charge on any atom is 0.193 e. The molecule has 0 saturated carbocycles. The monoisotopic (exact) mass is 972 g/mol. The minimum atomic E-state index is -0.0319. The average molecular weight is 974 g/mol. The quantitative estimate of drug-likeness (QED) is 0.0294. The molecule has 9 heteroatoms. The van der Waals surface area contributed by atoms with E-state index in [-0.39, 0.29) is 29.7 Å². The van der Waals surface area contributed by atoms with Crippen LogP contribution < -0.4 is 9.47 Å². The molecule has 0 radical (unpaired) electrons. The first-order chi connectivity index (χ1) is 32.8. The minimum Gasteiger partial charge on any atom is -0.508 e. The minimum absolute atomic E-state index is 0.0242. The van der Waals surface area contributed by atoms with Gasteiger partial charge in [0.15, 0.2) is 17.3 Å². The first-order valence-electron chi connectivity index (χ1n) is 23.6. The van der Waals surface area contributed by atoms with E-state index in [1.165, 1.54) is 57.1 Å². The van der Waals surface area contributed by atoms with E-state index < -0.39 is 0 Å². The van der Waals surface area contributed by atoms with Crippen molar-refractivity contribution in [2.75, 3.05) is 31.8 Å². The average Bonchev–Trinajstić information content (AvgIpc) is 3.38. The number of alkyl halides is 1. The highest BCUT2D eigenvalue weighted by Crippen LogP contribution is 2.18. The van der Waals surface area contributed by atoms with Crippen LogP contribution in [-0.2, 0) is 0 Å². The summed E-state index contributed by atoms with van der Waals surface area (Å²) < 4.78 is 11.4. The van der Waals surface area contributed by atoms with Gasteiger partial charge in [-0.2, -0.15) is 0 Å². The fourth-order valence-electron chi connectivity index (χ4n) is 6.50. The fourth-order valence-corrected chi connectivity index (χ4v) is 6.90. The van der Waals surface area contributed by atoms with Crippen LogP contribution in [0.25, 0.3) is 0 Å². The van der Waals surface area contributed by atoms with Crippen molar-refractivity contribution in [3.63, 3.8) is 0 Å². The molecule has 6 rings (SSSR count). The van der Waals surface area contributed by atoms with Crippen molar-refractivity contribution in [2.45, 2.75) is 90.4 Å². The highest BCUT2D eigenvalue weighted by Gasteiger charge is 2.10. The molecule has 6 aromatic carbocycles. The molecule has 0 spiro atoms. The molecule has 0 heterocycles. The molecular weight excluding hydrogens is 905 g/mol. The van der Waals surface area contributed by atoms with Crippen LogP contribution in [0.2, 0.25) is 0 Å². The zero-order valence-corrected chi connectivity index (χ0v) is 40.7. The van der Waals surface area contributed by atoms with Gasteiger partial charge >= 0.3 is 0 Å². The molecule has 67 heavy (non-hydrogen) atoms. The lowest BCUT2D eigenvalue weighted by atomic mass is 10.0. The highest BCUT2D eigenvalue weighted by atomic mass is 79.9. The lowest BCUT2D eigenvalue weighted by Gasteiger charge is -2.07. The Kier molecular flexibility index (Phi) is 29.3. The lowest BCUT2D eigenvalue weighted by Crippen LogP contribution is -2.01. The largest absolute Gasteiger partial charge is 0.508 e. The third kappa shape index (κ3) is 23.4. The molecule has 0 atom stereocenters. The number of rotatable bonds is 25. The Morgan fingerprint density at radius 1 is 0.388 bits per heavy atom. The number of halogens is 1. The van der Waals surface area contributed by atoms with Gasteiger partial charge in [0.25, 0.3) is 0 Å². The van der Waals surface area contributed by atoms with E-state index in [9.17, 15) is 14.4 Å². The third-order valence-electron chi connectivity index (χ3n) is 10.3. The van der Waals surface area contributed by atoms with Crippen molar-refractivity contribution >= 4 is 33.3 Å². The van der Waals surface area contributed by atoms with Crippen LogP contribution in [0, 0.1) is 0 Å². The lowest BCUT2D eigenvalue weighted by molar-refractivity contribution is 0.103. The summed E-state index contributed by atoms with van der Waals surface area (Å²) in [7, 11) is 0. The standard InChI is InChI=1S/C20H24O2.C19H22O3.C13H10O2.C6H13BrO/c1-2-3-4-5-9-16-22-19-14-12-18(13-15-19)20(21)17-10-7-6-8-11-17;20-14-6-1-2-7-15-22-18-12-10-17(11-13-18)19(21)16-8-4-3-5-9-16;14-12-8-6-11(7-9-12)13(15)10-4-2-1-3-5-10;7-5-3-1-2-4-6-8/h6-8,10-15H,2-5,9,16H2,1H3;3-5,8-13,20H,1-2,6-7,14-15H2;1-9,14H;8H,1-6H2. The highest BCUT2D eigenvalue weighted by molar-refractivity contribution is 9.09. The molecule has 8 nitrogen and oxygen atoms in total. The van der Waals surface area contributed by atoms with Gasteiger partial charge in [-0.15, -0.1) is 0 Å². The van der Waals surface area contributed by atoms with Gasteiger partial charge in [-0.25, -0.2) is 0 Å². The Labute approximate surface area is 407 Å². The smallest absolute Gasteiger partial charge is 0.193 e. The van der Waals surface area contributed by atoms with Gasteiger partial charge in [0, 0.05) is 51.9 Å². The zero-order chi connectivity index (χ0) is 48.2. The third-order valence-corrected chi connectivity index (χ3v) is 10.9. The predicted octanol–water partition coefficient (Wildman–Crippen LogP) is 13.7. The number of unbranched alkanes of at least 4 members (excludes halogenated alkanes) is 10. The topological polar surface area (TPSA) is 130 Å². The second kappa shape index (κ2) is 35.3. The normalized spacial score (nSPS) is 10.2. The fraction of sp³-hybridized carbons (Fsp3) is 0.328. The predicted molar refractivity (Wildman–Crippen MR) is 275 cm³/mol. The van der Waals surface area contributed by atoms with Gasteiger partial charge in [-0.05, 0) is 111 Å². The molecule has 0 bridgehead atoms. The Bertz CT molecular complexity index is 2070. The van der Waals surface area contributed by atoms with Gasteiger partial charge in [0.1, 0.15) is 17.2 Å². The van der Waals surface area contributed by atoms with Crippen molar-refractivity contribution in [3.05, 3.63) is 197 Å². The van der Waals surface area contributed by atoms with E-state index in [4.69, 9.17) is 24.8 Å². The number of phenolic OH excluding ortho intramolecular Hbond substituents is 1. The summed E-state index contributed by atoms with van der Waals surface area (Å²) in [5.74, 6) is 1.82. The van der Waals surface area contributed by atoms with Gasteiger partial charge in [0.05, 0.1) is 13.2 Å². The molecule has 0 aromatic heterocycles. The van der Waals surface area contributed by atoms with E-state index in [0.717, 1.165) is 62.0 Å². The molecule has 0 unspecified atom stereocenters. The van der Waals surface area contributed by atoms with E-state index >= 15 is 0 Å². The van der Waals surface area contributed by atoms with Gasteiger partial charge < -0.3 is 24.8 Å². The van der Waals surface area contributed by atoms with E-state index in [1.807, 2.05) is 115 Å². The summed E-state index contributed by atoms with van der Waals surface area (Å²) in [6.45, 7) is 4.24. The summed E-state index contributed by atoms with van der Waals surface area (Å²) in [4.78, 5) is 36.4. The first kappa shape index (κ1) is 55.5. The van der Waals surface area contributed by atoms with E-state index in [1.54, 1.807) is 36.4 Å². The Balaban J connectivity index is 0.000000250. The second-order valence-electron chi connectivity index (χ2n) is 15.8. The van der Waals surface area contributed by atoms with Crippen LogP contribution in [0.15, 0.2) is 164 Å². The number of benzene rings is 6. The number of aliphatic hydroxyl groups excluding tert-OH is 2. The molecule has 0 aliphatic carbocycles. The van der Waals surface area contributed by atoms with Crippen LogP contribution >= 0.6 is 15.9 Å². The van der Waals surface area contributed by atoms with Gasteiger partial charge in [0.2, 0.25) is 0 Å². The number of aromatic hydroxyl groups is 1. The summed E-state index contributed by atoms with van der Waals surface area (Å²) in [6, 6.07) is 48.6. The maximum atomic E-state index is 12.3. The molecule has 3 N–H and O–H groups in total. The number of hydrogen-bond donors (Lipinski definition) is 3. The number of ether oxygens (including phenoxy) is 2. The molecule has 0 aliphatic heterocycles. The molecule has 0 aliphatic rings. The van der Waals surface area contributed by atoms with Crippen molar-refractivity contribution in [1.29, 1.82) is 0 Å². The summed E-state index contributed by atoms with van der Waals surface area (Å²) in [6.07, 6.45) is 14.7. The van der Waals surface area contributed by atoms with Gasteiger partial charge in [-0.1, -0.05) is 159 Å². The summed E-state index contributed by atoms with van der Waals surface area (Å²) in [5.41, 5.74) is 4.01. The summed E-state index contributed by atoms with van der Waals surface area (Å²) >= 11 is 3.34. The van der Waals surface area contributed by atoms with E-state index in [2.05, 4.69) is 22.9 Å². The van der Waals surface area contributed by atoms with Crippen LogP contribution in [0.3, 0.4) is 0 Å². The van der Waals surface area contributed by atoms with Crippen molar-refractivity contribution in [2.24, 2.45) is 0 Å². The number of carbonyl (C=O) groups excluding carboxylic acids is 3. The Morgan fingerprint density at radius 2 is 0.687 bits per heavy atom. The van der Waals surface area contributed by atoms with Gasteiger partial charge in [-0.3, -0.25) is 14.4 Å². The van der Waals surface area contributed by atoms with Crippen LogP contribution in [0.4, 0.5) is 0 Å². The second-order valence-corrected chi connectivity index (χ2v) is 16.5. The molecule has 356 valence electrons. The number of aliphatic hydroxyl groups is 2. The summed E-state index contributed by atoms with van der Waals surface area (Å²) in [5, 5.41) is 27.2. The van der Waals surface area contributed by atoms with E-state index in [0.29, 0.717) is 46.6 Å². The first-order valence-corrected chi connectivity index (χ1v) is 24.7. The van der Waals surface area contributed by atoms with Crippen molar-refractivity contribution in [3.8, 4) is 17.2 Å². The zero-order valence-electron chi connectivity index (χ0n) is 39.1. The molecule has 0 saturated heterocycles. The van der Waals surface area contributed by atoms with Crippen molar-refractivity contribution in [1.82, 2.24) is 0 Å². The van der Waals surface area contributed by atoms with Crippen LogP contribution in [-0.4, -0.2) is 64.4 Å². The van der Waals surface area contributed by atoms with Crippen LogP contribution in [0.5, 0.6) is 17.2 Å². The Hall–Kier alpha value is -5.87. The maximum absolute atomic E-state index is 12.3.